The molecule has 1 aromatic heterocycles. The van der Waals surface area contributed by atoms with E-state index in [0.717, 1.165) is 11.1 Å². The summed E-state index contributed by atoms with van der Waals surface area (Å²) in [5.41, 5.74) is 7.25. The minimum atomic E-state index is -0.371. The lowest BCUT2D eigenvalue weighted by atomic mass is 10.2. The molecule has 0 bridgehead atoms. The molecule has 2 N–H and O–H groups in total. The van der Waals surface area contributed by atoms with E-state index >= 15 is 0 Å². The zero-order chi connectivity index (χ0) is 12.8. The van der Waals surface area contributed by atoms with Gasteiger partial charge in [0.25, 0.3) is 0 Å². The predicted octanol–water partition coefficient (Wildman–Crippen LogP) is 2.30. The van der Waals surface area contributed by atoms with Gasteiger partial charge in [0.2, 0.25) is 0 Å². The van der Waals surface area contributed by atoms with Gasteiger partial charge in [0, 0.05) is 25.4 Å². The van der Waals surface area contributed by atoms with Gasteiger partial charge < -0.3 is 10.5 Å². The number of nitrogens with two attached hydrogens (primary N) is 1. The Labute approximate surface area is 105 Å². The van der Waals surface area contributed by atoms with Gasteiger partial charge in [0.05, 0.1) is 6.61 Å². The van der Waals surface area contributed by atoms with Crippen molar-refractivity contribution in [3.63, 3.8) is 0 Å². The van der Waals surface area contributed by atoms with Gasteiger partial charge in [-0.2, -0.15) is 0 Å². The van der Waals surface area contributed by atoms with Gasteiger partial charge in [-0.3, -0.25) is 4.98 Å². The number of hydrogen-bond acceptors (Lipinski definition) is 3. The molecule has 18 heavy (non-hydrogen) atoms. The standard InChI is InChI=1S/C14H15FN2O/c15-13-8-12(9-16)3-4-14(13)18-7-5-11-2-1-6-17-10-11/h1-4,6,8,10H,5,7,9,16H2. The van der Waals surface area contributed by atoms with E-state index in [0.29, 0.717) is 19.6 Å². The molecule has 0 saturated heterocycles. The Kier molecular flexibility index (Phi) is 4.25. The average molecular weight is 246 g/mol. The maximum absolute atomic E-state index is 13.6. The maximum atomic E-state index is 13.6. The SMILES string of the molecule is NCc1ccc(OCCc2cccnc2)c(F)c1. The number of rotatable bonds is 5. The Hall–Kier alpha value is -1.94. The van der Waals surface area contributed by atoms with E-state index < -0.39 is 0 Å². The van der Waals surface area contributed by atoms with Crippen molar-refractivity contribution in [1.29, 1.82) is 0 Å². The van der Waals surface area contributed by atoms with E-state index in [4.69, 9.17) is 10.5 Å². The molecule has 0 aliphatic heterocycles. The number of ether oxygens (including phenoxy) is 1. The quantitative estimate of drug-likeness (QED) is 0.880. The second-order valence-electron chi connectivity index (χ2n) is 3.93. The van der Waals surface area contributed by atoms with Crippen LogP contribution < -0.4 is 10.5 Å². The topological polar surface area (TPSA) is 48.1 Å². The lowest BCUT2D eigenvalue weighted by molar-refractivity contribution is 0.305. The van der Waals surface area contributed by atoms with Crippen LogP contribution in [0.4, 0.5) is 4.39 Å². The Balaban J connectivity index is 1.91. The molecule has 0 saturated carbocycles. The molecular formula is C14H15FN2O. The smallest absolute Gasteiger partial charge is 0.165 e. The first-order chi connectivity index (χ1) is 8.79. The molecule has 0 amide bonds. The van der Waals surface area contributed by atoms with Gasteiger partial charge in [-0.05, 0) is 29.3 Å². The number of hydrogen-bond donors (Lipinski definition) is 1. The molecule has 0 aliphatic carbocycles. The fourth-order valence-corrected chi connectivity index (χ4v) is 1.61. The van der Waals surface area contributed by atoms with Crippen LogP contribution in [0.1, 0.15) is 11.1 Å². The van der Waals surface area contributed by atoms with Crippen molar-refractivity contribution in [3.8, 4) is 5.75 Å². The van der Waals surface area contributed by atoms with Gasteiger partial charge in [-0.15, -0.1) is 0 Å². The van der Waals surface area contributed by atoms with Crippen molar-refractivity contribution >= 4 is 0 Å². The number of benzene rings is 1. The van der Waals surface area contributed by atoms with Crippen LogP contribution in [0.3, 0.4) is 0 Å². The monoisotopic (exact) mass is 246 g/mol. The Morgan fingerprint density at radius 1 is 1.22 bits per heavy atom. The van der Waals surface area contributed by atoms with Crippen LogP contribution in [0, 0.1) is 5.82 Å². The number of pyridine rings is 1. The highest BCUT2D eigenvalue weighted by atomic mass is 19.1. The van der Waals surface area contributed by atoms with Crippen molar-refractivity contribution in [2.45, 2.75) is 13.0 Å². The molecule has 1 heterocycles. The van der Waals surface area contributed by atoms with Gasteiger partial charge in [-0.1, -0.05) is 12.1 Å². The number of nitrogens with zero attached hydrogens (tertiary/aromatic N) is 1. The van der Waals surface area contributed by atoms with Crippen LogP contribution in [-0.2, 0) is 13.0 Å². The molecule has 3 nitrogen and oxygen atoms in total. The van der Waals surface area contributed by atoms with Crippen LogP contribution in [0.2, 0.25) is 0 Å². The first-order valence-corrected chi connectivity index (χ1v) is 5.80. The van der Waals surface area contributed by atoms with Crippen LogP contribution in [0.15, 0.2) is 42.7 Å². The summed E-state index contributed by atoms with van der Waals surface area (Å²) in [6.07, 6.45) is 4.19. The van der Waals surface area contributed by atoms with Crippen LogP contribution in [-0.4, -0.2) is 11.6 Å². The largest absolute Gasteiger partial charge is 0.490 e. The Morgan fingerprint density at radius 3 is 2.78 bits per heavy atom. The minimum absolute atomic E-state index is 0.260. The van der Waals surface area contributed by atoms with E-state index in [1.165, 1.54) is 6.07 Å². The number of aromatic nitrogens is 1. The molecule has 0 aliphatic rings. The summed E-state index contributed by atoms with van der Waals surface area (Å²) in [6.45, 7) is 0.747. The van der Waals surface area contributed by atoms with E-state index in [2.05, 4.69) is 4.98 Å². The van der Waals surface area contributed by atoms with Crippen molar-refractivity contribution in [2.75, 3.05) is 6.61 Å². The molecule has 2 rings (SSSR count). The summed E-state index contributed by atoms with van der Waals surface area (Å²) in [4.78, 5) is 4.01. The van der Waals surface area contributed by atoms with Crippen LogP contribution in [0.5, 0.6) is 5.75 Å². The third-order valence-corrected chi connectivity index (χ3v) is 2.60. The second kappa shape index (κ2) is 6.12. The zero-order valence-electron chi connectivity index (χ0n) is 9.97. The second-order valence-corrected chi connectivity index (χ2v) is 3.93. The summed E-state index contributed by atoms with van der Waals surface area (Å²) in [5, 5.41) is 0. The molecule has 2 aromatic rings. The lowest BCUT2D eigenvalue weighted by Crippen LogP contribution is -2.04. The van der Waals surface area contributed by atoms with Gasteiger partial charge >= 0.3 is 0 Å². The highest BCUT2D eigenvalue weighted by Gasteiger charge is 2.04. The first kappa shape index (κ1) is 12.5. The summed E-state index contributed by atoms with van der Waals surface area (Å²) in [6, 6.07) is 8.61. The van der Waals surface area contributed by atoms with E-state index in [1.54, 1.807) is 24.5 Å². The summed E-state index contributed by atoms with van der Waals surface area (Å²) in [7, 11) is 0. The maximum Gasteiger partial charge on any atom is 0.165 e. The summed E-state index contributed by atoms with van der Waals surface area (Å²) >= 11 is 0. The van der Waals surface area contributed by atoms with Gasteiger partial charge in [0.1, 0.15) is 0 Å². The van der Waals surface area contributed by atoms with E-state index in [-0.39, 0.29) is 11.6 Å². The molecule has 1 aromatic carbocycles. The van der Waals surface area contributed by atoms with E-state index in [9.17, 15) is 4.39 Å². The van der Waals surface area contributed by atoms with Crippen molar-refractivity contribution in [2.24, 2.45) is 5.73 Å². The van der Waals surface area contributed by atoms with E-state index in [1.807, 2.05) is 12.1 Å². The lowest BCUT2D eigenvalue weighted by Gasteiger charge is -2.08. The fraction of sp³-hybridized carbons (Fsp3) is 0.214. The zero-order valence-corrected chi connectivity index (χ0v) is 9.97. The molecule has 0 radical (unpaired) electrons. The molecule has 0 fully saturated rings. The van der Waals surface area contributed by atoms with Gasteiger partial charge in [-0.25, -0.2) is 4.39 Å². The van der Waals surface area contributed by atoms with Crippen LogP contribution in [0.25, 0.3) is 0 Å². The van der Waals surface area contributed by atoms with Crippen molar-refractivity contribution in [1.82, 2.24) is 4.98 Å². The fourth-order valence-electron chi connectivity index (χ4n) is 1.61. The highest BCUT2D eigenvalue weighted by Crippen LogP contribution is 2.18. The molecule has 4 heteroatoms. The molecule has 94 valence electrons. The molecule has 0 unspecified atom stereocenters. The summed E-state index contributed by atoms with van der Waals surface area (Å²) in [5.74, 6) is -0.111. The summed E-state index contributed by atoms with van der Waals surface area (Å²) < 4.78 is 19.0. The van der Waals surface area contributed by atoms with Gasteiger partial charge in [0.15, 0.2) is 11.6 Å². The Morgan fingerprint density at radius 2 is 2.11 bits per heavy atom. The Bertz CT molecular complexity index is 502. The minimum Gasteiger partial charge on any atom is -0.490 e. The first-order valence-electron chi connectivity index (χ1n) is 5.80. The molecule has 0 spiro atoms. The van der Waals surface area contributed by atoms with Crippen molar-refractivity contribution in [3.05, 3.63) is 59.7 Å². The molecular weight excluding hydrogens is 231 g/mol. The third-order valence-electron chi connectivity index (χ3n) is 2.60. The normalized spacial score (nSPS) is 10.3. The highest BCUT2D eigenvalue weighted by molar-refractivity contribution is 5.29. The van der Waals surface area contributed by atoms with Crippen LogP contribution >= 0.6 is 0 Å². The van der Waals surface area contributed by atoms with Crippen molar-refractivity contribution < 1.29 is 9.13 Å². The average Bonchev–Trinajstić information content (AvgIpc) is 2.42. The number of halogens is 1. The predicted molar refractivity (Wildman–Crippen MR) is 67.7 cm³/mol. The third kappa shape index (κ3) is 3.28. The molecule has 0 atom stereocenters.